The summed E-state index contributed by atoms with van der Waals surface area (Å²) in [5.41, 5.74) is 0. The Kier molecular flexibility index (Phi) is 2.67. The smallest absolute Gasteiger partial charge is 0.261 e. The molecule has 0 aromatic carbocycles. The monoisotopic (exact) mass is 100 g/mol. The number of nitrogens with zero attached hydrogens (tertiary/aromatic N) is 2. The minimum absolute atomic E-state index is 0.210. The first-order valence-electron chi connectivity index (χ1n) is 1.62. The summed E-state index contributed by atoms with van der Waals surface area (Å²) in [5, 5.41) is 5.63. The minimum atomic E-state index is -0.466. The Morgan fingerprint density at radius 2 is 2.29 bits per heavy atom. The van der Waals surface area contributed by atoms with E-state index in [1.807, 2.05) is 0 Å². The lowest BCUT2D eigenvalue weighted by atomic mass is 10.8. The van der Waals surface area contributed by atoms with Gasteiger partial charge in [0.15, 0.2) is 0 Å². The molecule has 0 aromatic heterocycles. The van der Waals surface area contributed by atoms with Gasteiger partial charge in [-0.1, -0.05) is 0 Å². The van der Waals surface area contributed by atoms with Gasteiger partial charge in [0.2, 0.25) is 0 Å². The van der Waals surface area contributed by atoms with Crippen LogP contribution in [0.15, 0.2) is 10.2 Å². The van der Waals surface area contributed by atoms with Crippen molar-refractivity contribution < 1.29 is 9.59 Å². The van der Waals surface area contributed by atoms with E-state index in [1.165, 1.54) is 6.92 Å². The first-order valence-corrected chi connectivity index (χ1v) is 1.62. The van der Waals surface area contributed by atoms with Crippen LogP contribution in [0.5, 0.6) is 0 Å². The van der Waals surface area contributed by atoms with Gasteiger partial charge in [0, 0.05) is 6.92 Å². The van der Waals surface area contributed by atoms with Crippen LogP contribution in [0.3, 0.4) is 0 Å². The average Bonchev–Trinajstić information content (AvgIpc) is 1.61. The highest BCUT2D eigenvalue weighted by atomic mass is 16.2. The van der Waals surface area contributed by atoms with Crippen LogP contribution in [0.25, 0.3) is 0 Å². The maximum atomic E-state index is 9.78. The van der Waals surface area contributed by atoms with Gasteiger partial charge in [-0.2, -0.15) is 0 Å². The highest BCUT2D eigenvalue weighted by Crippen LogP contribution is 1.69. The molecule has 0 fully saturated rings. The standard InChI is InChI=1S/C3H4N2O2/c1-3(7)5-4-2-6/h2H,1H3/b5-4+. The molecule has 0 aliphatic heterocycles. The van der Waals surface area contributed by atoms with E-state index in [9.17, 15) is 9.59 Å². The van der Waals surface area contributed by atoms with Crippen molar-refractivity contribution in [1.82, 2.24) is 0 Å². The molecule has 0 bridgehead atoms. The molecule has 0 radical (unpaired) electrons. The second-order valence-corrected chi connectivity index (χ2v) is 0.840. The lowest BCUT2D eigenvalue weighted by molar-refractivity contribution is -0.117. The second-order valence-electron chi connectivity index (χ2n) is 0.840. The molecule has 7 heavy (non-hydrogen) atoms. The van der Waals surface area contributed by atoms with Gasteiger partial charge in [-0.3, -0.25) is 9.59 Å². The molecule has 38 valence electrons. The van der Waals surface area contributed by atoms with Gasteiger partial charge in [-0.05, 0) is 0 Å². The number of amides is 2. The number of carbonyl (C=O) groups is 2. The molecule has 0 aliphatic rings. The maximum Gasteiger partial charge on any atom is 0.261 e. The fourth-order valence-electron chi connectivity index (χ4n) is 0.105. The van der Waals surface area contributed by atoms with Gasteiger partial charge >= 0.3 is 0 Å². The fourth-order valence-corrected chi connectivity index (χ4v) is 0.105. The number of hydrogen-bond acceptors (Lipinski definition) is 2. The molecular weight excluding hydrogens is 96.0 g/mol. The molecule has 0 rings (SSSR count). The first-order chi connectivity index (χ1) is 3.27. The van der Waals surface area contributed by atoms with E-state index < -0.39 is 5.91 Å². The van der Waals surface area contributed by atoms with Crippen molar-refractivity contribution in [1.29, 1.82) is 0 Å². The molecule has 0 atom stereocenters. The topological polar surface area (TPSA) is 58.9 Å². The summed E-state index contributed by atoms with van der Waals surface area (Å²) < 4.78 is 0. The second kappa shape index (κ2) is 3.14. The minimum Gasteiger partial charge on any atom is -0.275 e. The third-order valence-electron chi connectivity index (χ3n) is 0.246. The summed E-state index contributed by atoms with van der Waals surface area (Å²) in [7, 11) is 0. The first kappa shape index (κ1) is 5.94. The van der Waals surface area contributed by atoms with Crippen molar-refractivity contribution in [3.63, 3.8) is 0 Å². The zero-order chi connectivity index (χ0) is 5.70. The van der Waals surface area contributed by atoms with Crippen LogP contribution in [-0.4, -0.2) is 12.3 Å². The Bertz CT molecular complexity index is 108. The summed E-state index contributed by atoms with van der Waals surface area (Å²) >= 11 is 0. The largest absolute Gasteiger partial charge is 0.275 e. The molecule has 0 saturated heterocycles. The lowest BCUT2D eigenvalue weighted by Gasteiger charge is -1.67. The lowest BCUT2D eigenvalue weighted by Crippen LogP contribution is -1.77. The zero-order valence-corrected chi connectivity index (χ0v) is 3.79. The molecule has 2 amide bonds. The van der Waals surface area contributed by atoms with Gasteiger partial charge in [0.1, 0.15) is 0 Å². The van der Waals surface area contributed by atoms with E-state index in [0.29, 0.717) is 0 Å². The van der Waals surface area contributed by atoms with E-state index in [1.54, 1.807) is 0 Å². The van der Waals surface area contributed by atoms with Crippen LogP contribution in [-0.2, 0) is 9.59 Å². The summed E-state index contributed by atoms with van der Waals surface area (Å²) in [6.45, 7) is 1.22. The number of rotatable bonds is 1. The molecule has 4 heteroatoms. The van der Waals surface area contributed by atoms with E-state index in [4.69, 9.17) is 0 Å². The van der Waals surface area contributed by atoms with Crippen LogP contribution in [0.1, 0.15) is 6.92 Å². The van der Waals surface area contributed by atoms with Crippen LogP contribution >= 0.6 is 0 Å². The highest BCUT2D eigenvalue weighted by Gasteiger charge is 1.78. The molecule has 4 nitrogen and oxygen atoms in total. The van der Waals surface area contributed by atoms with Crippen molar-refractivity contribution in [2.75, 3.05) is 0 Å². The Labute approximate surface area is 40.2 Å². The third kappa shape index (κ3) is 4.94. The van der Waals surface area contributed by atoms with Crippen LogP contribution in [0, 0.1) is 0 Å². The summed E-state index contributed by atoms with van der Waals surface area (Å²) in [6, 6.07) is 0. The van der Waals surface area contributed by atoms with Crippen LogP contribution < -0.4 is 0 Å². The average molecular weight is 100 g/mol. The quantitative estimate of drug-likeness (QED) is 0.347. The number of carbonyl (C=O) groups excluding carboxylic acids is 2. The molecule has 0 unspecified atom stereocenters. The Morgan fingerprint density at radius 3 is 2.43 bits per heavy atom. The maximum absolute atomic E-state index is 9.78. The van der Waals surface area contributed by atoms with E-state index in [2.05, 4.69) is 10.2 Å². The predicted molar refractivity (Wildman–Crippen MR) is 21.6 cm³/mol. The third-order valence-corrected chi connectivity index (χ3v) is 0.246. The Morgan fingerprint density at radius 1 is 1.71 bits per heavy atom. The normalized spacial score (nSPS) is 9.29. The number of hydrogen-bond donors (Lipinski definition) is 0. The summed E-state index contributed by atoms with van der Waals surface area (Å²) in [4.78, 5) is 19.1. The fraction of sp³-hybridized carbons (Fsp3) is 0.333. The van der Waals surface area contributed by atoms with E-state index in [0.717, 1.165) is 0 Å². The molecule has 0 N–H and O–H groups in total. The molecule has 0 heterocycles. The van der Waals surface area contributed by atoms with Crippen LogP contribution in [0.4, 0.5) is 0 Å². The molecule has 0 aromatic rings. The highest BCUT2D eigenvalue weighted by molar-refractivity contribution is 5.74. The van der Waals surface area contributed by atoms with Gasteiger partial charge < -0.3 is 0 Å². The van der Waals surface area contributed by atoms with E-state index in [-0.39, 0.29) is 6.41 Å². The van der Waals surface area contributed by atoms with Crippen molar-refractivity contribution in [3.05, 3.63) is 0 Å². The van der Waals surface area contributed by atoms with Crippen molar-refractivity contribution in [2.24, 2.45) is 10.2 Å². The van der Waals surface area contributed by atoms with Gasteiger partial charge in [-0.25, -0.2) is 0 Å². The van der Waals surface area contributed by atoms with Gasteiger partial charge in [0.05, 0.1) is 0 Å². The van der Waals surface area contributed by atoms with Gasteiger partial charge in [0.25, 0.3) is 12.3 Å². The predicted octanol–water partition coefficient (Wildman–Crippen LogP) is 0.142. The molecule has 0 spiro atoms. The summed E-state index contributed by atoms with van der Waals surface area (Å²) in [6.07, 6.45) is 0.210. The zero-order valence-electron chi connectivity index (χ0n) is 3.79. The van der Waals surface area contributed by atoms with Crippen molar-refractivity contribution >= 4 is 12.3 Å². The van der Waals surface area contributed by atoms with Crippen molar-refractivity contribution in [3.8, 4) is 0 Å². The molecule has 0 aliphatic carbocycles. The Balaban J connectivity index is 3.46. The Hall–Kier alpha value is -1.06. The molecular formula is C3H4N2O2. The SMILES string of the molecule is CC(=O)/N=N/C=O. The number of azo groups is 1. The van der Waals surface area contributed by atoms with Gasteiger partial charge in [-0.15, -0.1) is 10.2 Å². The van der Waals surface area contributed by atoms with Crippen molar-refractivity contribution in [2.45, 2.75) is 6.92 Å². The van der Waals surface area contributed by atoms with E-state index >= 15 is 0 Å². The van der Waals surface area contributed by atoms with Crippen LogP contribution in [0.2, 0.25) is 0 Å². The summed E-state index contributed by atoms with van der Waals surface area (Å²) in [5.74, 6) is -0.466. The molecule has 0 saturated carbocycles.